The summed E-state index contributed by atoms with van der Waals surface area (Å²) in [4.78, 5) is 7.79. The third-order valence-corrected chi connectivity index (χ3v) is 6.53. The van der Waals surface area contributed by atoms with Crippen molar-refractivity contribution in [1.82, 2.24) is 14.7 Å². The van der Waals surface area contributed by atoms with Gasteiger partial charge in [-0.3, -0.25) is 0 Å². The summed E-state index contributed by atoms with van der Waals surface area (Å²) in [5.74, 6) is -2.14. The SMILES string of the molecule is CC(C)(C)[S@@+]([O-])NC(c1nc2cc(C#N)ccc2[nH]1)C1CCC(F)(F)CC1. The molecule has 3 rings (SSSR count). The smallest absolute Gasteiger partial charge is 0.248 e. The van der Waals surface area contributed by atoms with Gasteiger partial charge in [-0.2, -0.15) is 5.26 Å². The van der Waals surface area contributed by atoms with Crippen molar-refractivity contribution in [3.8, 4) is 6.07 Å². The number of halogens is 2. The molecule has 1 saturated carbocycles. The molecule has 1 fully saturated rings. The van der Waals surface area contributed by atoms with Gasteiger partial charge in [0.2, 0.25) is 5.92 Å². The predicted molar refractivity (Wildman–Crippen MR) is 101 cm³/mol. The Kier molecular flexibility index (Phi) is 5.48. The number of hydrogen-bond acceptors (Lipinski definition) is 4. The fraction of sp³-hybridized carbons (Fsp3) is 0.579. The van der Waals surface area contributed by atoms with Gasteiger partial charge in [-0.15, -0.1) is 4.72 Å². The van der Waals surface area contributed by atoms with Crippen LogP contribution in [0.1, 0.15) is 63.9 Å². The van der Waals surface area contributed by atoms with E-state index in [9.17, 15) is 13.3 Å². The predicted octanol–water partition coefficient (Wildman–Crippen LogP) is 4.35. The van der Waals surface area contributed by atoms with Gasteiger partial charge in [-0.05, 0) is 57.7 Å². The quantitative estimate of drug-likeness (QED) is 0.755. The third-order valence-electron chi connectivity index (χ3n) is 4.95. The molecule has 8 heteroatoms. The maximum Gasteiger partial charge on any atom is 0.248 e. The molecule has 0 spiro atoms. The zero-order valence-electron chi connectivity index (χ0n) is 15.7. The van der Waals surface area contributed by atoms with Crippen molar-refractivity contribution in [1.29, 1.82) is 5.26 Å². The zero-order chi connectivity index (χ0) is 19.8. The number of H-pyrrole nitrogens is 1. The molecular weight excluding hydrogens is 370 g/mol. The van der Waals surface area contributed by atoms with E-state index >= 15 is 0 Å². The number of aromatic nitrogens is 2. The van der Waals surface area contributed by atoms with Crippen LogP contribution in [-0.4, -0.2) is 25.2 Å². The standard InChI is InChI=1S/C19H24F2N4OS/c1-18(2,3)27(26)25-16(13-6-8-19(20,21)9-7-13)17-23-14-5-4-12(11-22)10-15(14)24-17/h4-5,10,13,16,25H,6-9H2,1-3H3,(H,23,24)/t16?,27-/m1/s1. The molecule has 0 saturated heterocycles. The van der Waals surface area contributed by atoms with Crippen LogP contribution < -0.4 is 4.72 Å². The number of nitriles is 1. The highest BCUT2D eigenvalue weighted by molar-refractivity contribution is 7.90. The van der Waals surface area contributed by atoms with Crippen LogP contribution in [-0.2, 0) is 11.4 Å². The van der Waals surface area contributed by atoms with E-state index in [1.54, 1.807) is 18.2 Å². The first-order valence-corrected chi connectivity index (χ1v) is 10.2. The van der Waals surface area contributed by atoms with Gasteiger partial charge in [0, 0.05) is 24.2 Å². The van der Waals surface area contributed by atoms with E-state index in [-0.39, 0.29) is 18.8 Å². The number of nitrogens with zero attached hydrogens (tertiary/aromatic N) is 2. The maximum atomic E-state index is 13.6. The Balaban J connectivity index is 1.93. The Bertz CT molecular complexity index is 845. The van der Waals surface area contributed by atoms with Crippen molar-refractivity contribution in [2.75, 3.05) is 0 Å². The first kappa shape index (κ1) is 20.1. The minimum Gasteiger partial charge on any atom is -0.598 e. The molecule has 2 atom stereocenters. The third kappa shape index (κ3) is 4.60. The Morgan fingerprint density at radius 3 is 2.63 bits per heavy atom. The summed E-state index contributed by atoms with van der Waals surface area (Å²) in [6.45, 7) is 5.58. The first-order valence-electron chi connectivity index (χ1n) is 9.05. The van der Waals surface area contributed by atoms with Crippen LogP contribution in [0.2, 0.25) is 0 Å². The molecule has 0 aliphatic heterocycles. The maximum absolute atomic E-state index is 13.6. The van der Waals surface area contributed by atoms with Crippen molar-refractivity contribution in [2.24, 2.45) is 5.92 Å². The summed E-state index contributed by atoms with van der Waals surface area (Å²) in [5, 5.41) is 9.06. The average molecular weight is 394 g/mol. The number of aromatic amines is 1. The fourth-order valence-corrected chi connectivity index (χ4v) is 4.19. The molecule has 2 N–H and O–H groups in total. The van der Waals surface area contributed by atoms with Gasteiger partial charge in [0.1, 0.15) is 16.6 Å². The Morgan fingerprint density at radius 2 is 2.04 bits per heavy atom. The summed E-state index contributed by atoms with van der Waals surface area (Å²) in [6.07, 6.45) is 0.340. The molecule has 1 aliphatic carbocycles. The lowest BCUT2D eigenvalue weighted by Gasteiger charge is -2.35. The number of nitrogens with one attached hydrogen (secondary N) is 2. The van der Waals surface area contributed by atoms with Gasteiger partial charge in [-0.25, -0.2) is 13.8 Å². The highest BCUT2D eigenvalue weighted by Crippen LogP contribution is 2.41. The Labute approximate surface area is 160 Å². The van der Waals surface area contributed by atoms with Crippen LogP contribution >= 0.6 is 0 Å². The molecule has 1 aromatic heterocycles. The number of alkyl halides is 2. The fourth-order valence-electron chi connectivity index (χ4n) is 3.31. The molecule has 5 nitrogen and oxygen atoms in total. The monoisotopic (exact) mass is 394 g/mol. The topological polar surface area (TPSA) is 87.6 Å². The number of imidazole rings is 1. The van der Waals surface area contributed by atoms with Gasteiger partial charge >= 0.3 is 0 Å². The summed E-state index contributed by atoms with van der Waals surface area (Å²) in [7, 11) is 0. The highest BCUT2D eigenvalue weighted by Gasteiger charge is 2.41. The van der Waals surface area contributed by atoms with Crippen molar-refractivity contribution in [3.05, 3.63) is 29.6 Å². The van der Waals surface area contributed by atoms with Crippen molar-refractivity contribution in [3.63, 3.8) is 0 Å². The molecule has 0 amide bonds. The lowest BCUT2D eigenvalue weighted by atomic mass is 9.82. The molecule has 1 heterocycles. The second-order valence-electron chi connectivity index (χ2n) is 8.14. The molecule has 27 heavy (non-hydrogen) atoms. The minimum absolute atomic E-state index is 0.0908. The van der Waals surface area contributed by atoms with Crippen LogP contribution in [0.15, 0.2) is 18.2 Å². The summed E-state index contributed by atoms with van der Waals surface area (Å²) in [6, 6.07) is 6.82. The molecule has 1 aliphatic rings. The number of hydrogen-bond donors (Lipinski definition) is 2. The molecule has 1 aromatic carbocycles. The van der Waals surface area contributed by atoms with Crippen LogP contribution in [0, 0.1) is 17.2 Å². The zero-order valence-corrected chi connectivity index (χ0v) is 16.5. The Hall–Kier alpha value is -1.69. The van der Waals surface area contributed by atoms with Gasteiger partial charge in [0.25, 0.3) is 0 Å². The second-order valence-corrected chi connectivity index (χ2v) is 10.1. The van der Waals surface area contributed by atoms with Crippen molar-refractivity contribution < 1.29 is 13.3 Å². The number of rotatable bonds is 4. The lowest BCUT2D eigenvalue weighted by Crippen LogP contribution is -2.44. The van der Waals surface area contributed by atoms with E-state index in [0.29, 0.717) is 29.7 Å². The lowest BCUT2D eigenvalue weighted by molar-refractivity contribution is -0.0492. The molecular formula is C19H24F2N4OS. The summed E-state index contributed by atoms with van der Waals surface area (Å²) < 4.78 is 42.6. The minimum atomic E-state index is -2.63. The van der Waals surface area contributed by atoms with E-state index in [2.05, 4.69) is 20.8 Å². The van der Waals surface area contributed by atoms with Crippen molar-refractivity contribution in [2.45, 2.75) is 63.2 Å². The number of benzene rings is 1. The van der Waals surface area contributed by atoms with Crippen molar-refractivity contribution >= 4 is 22.4 Å². The van der Waals surface area contributed by atoms with Gasteiger partial charge < -0.3 is 9.54 Å². The number of fused-ring (bicyclic) bond motifs is 1. The first-order chi connectivity index (χ1) is 12.6. The van der Waals surface area contributed by atoms with E-state index in [4.69, 9.17) is 5.26 Å². The van der Waals surface area contributed by atoms with Gasteiger partial charge in [0.05, 0.1) is 22.7 Å². The molecule has 0 radical (unpaired) electrons. The Morgan fingerprint density at radius 1 is 1.37 bits per heavy atom. The van der Waals surface area contributed by atoms with Crippen LogP contribution in [0.5, 0.6) is 0 Å². The van der Waals surface area contributed by atoms with Crippen LogP contribution in [0.4, 0.5) is 8.78 Å². The van der Waals surface area contributed by atoms with E-state index in [1.807, 2.05) is 20.8 Å². The largest absolute Gasteiger partial charge is 0.598 e. The average Bonchev–Trinajstić information content (AvgIpc) is 3.01. The highest BCUT2D eigenvalue weighted by atomic mass is 32.2. The van der Waals surface area contributed by atoms with E-state index in [0.717, 1.165) is 5.52 Å². The summed E-state index contributed by atoms with van der Waals surface area (Å²) in [5.41, 5.74) is 1.90. The molecule has 146 valence electrons. The van der Waals surface area contributed by atoms with Gasteiger partial charge in [-0.1, -0.05) is 0 Å². The van der Waals surface area contributed by atoms with Crippen LogP contribution in [0.25, 0.3) is 11.0 Å². The normalized spacial score (nSPS) is 20.3. The van der Waals surface area contributed by atoms with E-state index in [1.165, 1.54) is 0 Å². The van der Waals surface area contributed by atoms with Crippen LogP contribution in [0.3, 0.4) is 0 Å². The van der Waals surface area contributed by atoms with Gasteiger partial charge in [0.15, 0.2) is 0 Å². The molecule has 1 unspecified atom stereocenters. The second kappa shape index (κ2) is 7.38. The summed E-state index contributed by atoms with van der Waals surface area (Å²) >= 11 is -1.37. The molecule has 2 aromatic rings. The van der Waals surface area contributed by atoms with E-state index < -0.39 is 28.1 Å². The molecule has 0 bridgehead atoms.